The molecule has 0 aliphatic rings. The van der Waals surface area contributed by atoms with E-state index in [1.165, 1.54) is 6.07 Å². The van der Waals surface area contributed by atoms with Gasteiger partial charge in [-0.25, -0.2) is 8.78 Å². The fourth-order valence-electron chi connectivity index (χ4n) is 0.990. The van der Waals surface area contributed by atoms with E-state index in [0.29, 0.717) is 0 Å². The smallest absolute Gasteiger partial charge is 0.251 e. The molecule has 1 amide bonds. The quantitative estimate of drug-likeness (QED) is 0.792. The van der Waals surface area contributed by atoms with Crippen LogP contribution in [0.3, 0.4) is 0 Å². The maximum Gasteiger partial charge on any atom is 0.251 e. The van der Waals surface area contributed by atoms with Gasteiger partial charge in [0.15, 0.2) is 11.6 Å². The van der Waals surface area contributed by atoms with Gasteiger partial charge in [0.05, 0.1) is 6.61 Å². The summed E-state index contributed by atoms with van der Waals surface area (Å²) >= 11 is 0. The van der Waals surface area contributed by atoms with Crippen molar-refractivity contribution in [3.63, 3.8) is 0 Å². The summed E-state index contributed by atoms with van der Waals surface area (Å²) < 4.78 is 25.3. The summed E-state index contributed by atoms with van der Waals surface area (Å²) in [4.78, 5) is 11.4. The number of benzene rings is 1. The molecule has 5 heteroatoms. The molecule has 2 N–H and O–H groups in total. The molecule has 0 aliphatic carbocycles. The number of amides is 1. The van der Waals surface area contributed by atoms with Gasteiger partial charge in [-0.05, 0) is 25.1 Å². The fraction of sp³-hybridized carbons (Fsp3) is 0.300. The van der Waals surface area contributed by atoms with Gasteiger partial charge in [0.25, 0.3) is 5.91 Å². The Morgan fingerprint density at radius 3 is 2.67 bits per heavy atom. The zero-order valence-corrected chi connectivity index (χ0v) is 8.13. The van der Waals surface area contributed by atoms with Gasteiger partial charge in [-0.15, -0.1) is 0 Å². The van der Waals surface area contributed by atoms with Crippen LogP contribution < -0.4 is 5.32 Å². The second-order valence-corrected chi connectivity index (χ2v) is 3.19. The third-order valence-electron chi connectivity index (χ3n) is 1.83. The Hall–Kier alpha value is -1.49. The molecule has 15 heavy (non-hydrogen) atoms. The lowest BCUT2D eigenvalue weighted by Crippen LogP contribution is -2.35. The molecule has 0 fully saturated rings. The van der Waals surface area contributed by atoms with Crippen molar-refractivity contribution in [3.05, 3.63) is 35.4 Å². The zero-order valence-electron chi connectivity index (χ0n) is 8.13. The van der Waals surface area contributed by atoms with E-state index >= 15 is 0 Å². The van der Waals surface area contributed by atoms with E-state index in [9.17, 15) is 13.6 Å². The number of hydrogen-bond acceptors (Lipinski definition) is 2. The SMILES string of the molecule is C[C@@H](CO)NC(=O)c1ccc(F)c(F)c1. The second-order valence-electron chi connectivity index (χ2n) is 3.19. The summed E-state index contributed by atoms with van der Waals surface area (Å²) in [7, 11) is 0. The van der Waals surface area contributed by atoms with Crippen molar-refractivity contribution in [2.45, 2.75) is 13.0 Å². The van der Waals surface area contributed by atoms with E-state index in [0.717, 1.165) is 12.1 Å². The van der Waals surface area contributed by atoms with Crippen LogP contribution in [0.15, 0.2) is 18.2 Å². The van der Waals surface area contributed by atoms with E-state index in [4.69, 9.17) is 5.11 Å². The molecular weight excluding hydrogens is 204 g/mol. The van der Waals surface area contributed by atoms with Gasteiger partial charge in [0.1, 0.15) is 0 Å². The highest BCUT2D eigenvalue weighted by Gasteiger charge is 2.11. The summed E-state index contributed by atoms with van der Waals surface area (Å²) in [5.41, 5.74) is 0.0224. The highest BCUT2D eigenvalue weighted by Crippen LogP contribution is 2.08. The molecular formula is C10H11F2NO2. The summed E-state index contributed by atoms with van der Waals surface area (Å²) in [6.45, 7) is 1.38. The van der Waals surface area contributed by atoms with Gasteiger partial charge in [0, 0.05) is 11.6 Å². The molecule has 0 saturated heterocycles. The Kier molecular flexibility index (Phi) is 3.74. The largest absolute Gasteiger partial charge is 0.394 e. The maximum absolute atomic E-state index is 12.8. The minimum absolute atomic E-state index is 0.0224. The van der Waals surface area contributed by atoms with Gasteiger partial charge in [-0.3, -0.25) is 4.79 Å². The standard InChI is InChI=1S/C10H11F2NO2/c1-6(5-14)13-10(15)7-2-3-8(11)9(12)4-7/h2-4,6,14H,5H2,1H3,(H,13,15)/t6-/m0/s1. The van der Waals surface area contributed by atoms with Crippen molar-refractivity contribution in [1.82, 2.24) is 5.32 Å². The third kappa shape index (κ3) is 2.99. The number of aliphatic hydroxyl groups excluding tert-OH is 1. The first-order chi connectivity index (χ1) is 7.04. The Morgan fingerprint density at radius 2 is 2.13 bits per heavy atom. The number of carbonyl (C=O) groups is 1. The number of halogens is 2. The number of rotatable bonds is 3. The van der Waals surface area contributed by atoms with Gasteiger partial charge in [-0.1, -0.05) is 0 Å². The summed E-state index contributed by atoms with van der Waals surface area (Å²) in [5, 5.41) is 11.1. The molecule has 0 saturated carbocycles. The van der Waals surface area contributed by atoms with Crippen molar-refractivity contribution < 1.29 is 18.7 Å². The first kappa shape index (κ1) is 11.6. The molecule has 1 atom stereocenters. The van der Waals surface area contributed by atoms with Gasteiger partial charge < -0.3 is 10.4 Å². The van der Waals surface area contributed by atoms with E-state index in [2.05, 4.69) is 5.32 Å². The van der Waals surface area contributed by atoms with Crippen molar-refractivity contribution in [2.24, 2.45) is 0 Å². The topological polar surface area (TPSA) is 49.3 Å². The lowest BCUT2D eigenvalue weighted by Gasteiger charge is -2.10. The highest BCUT2D eigenvalue weighted by molar-refractivity contribution is 5.94. The molecule has 1 aromatic rings. The van der Waals surface area contributed by atoms with Crippen LogP contribution in [0.1, 0.15) is 17.3 Å². The molecule has 0 aromatic heterocycles. The van der Waals surface area contributed by atoms with E-state index in [1.807, 2.05) is 0 Å². The van der Waals surface area contributed by atoms with Crippen LogP contribution in [0.25, 0.3) is 0 Å². The van der Waals surface area contributed by atoms with Crippen molar-refractivity contribution in [2.75, 3.05) is 6.61 Å². The predicted octanol–water partition coefficient (Wildman–Crippen LogP) is 1.08. The van der Waals surface area contributed by atoms with Crippen molar-refractivity contribution >= 4 is 5.91 Å². The maximum atomic E-state index is 12.8. The van der Waals surface area contributed by atoms with Crippen molar-refractivity contribution in [1.29, 1.82) is 0 Å². The predicted molar refractivity (Wildman–Crippen MR) is 50.4 cm³/mol. The number of aliphatic hydroxyl groups is 1. The van der Waals surface area contributed by atoms with E-state index in [-0.39, 0.29) is 12.2 Å². The lowest BCUT2D eigenvalue weighted by molar-refractivity contribution is 0.0921. The Bertz CT molecular complexity index is 368. The zero-order chi connectivity index (χ0) is 11.4. The number of hydrogen-bond donors (Lipinski definition) is 2. The molecule has 0 radical (unpaired) electrons. The fourth-order valence-corrected chi connectivity index (χ4v) is 0.990. The first-order valence-corrected chi connectivity index (χ1v) is 4.41. The average molecular weight is 215 g/mol. The Labute approximate surface area is 85.7 Å². The molecule has 1 aromatic carbocycles. The Balaban J connectivity index is 2.78. The molecule has 1 rings (SSSR count). The van der Waals surface area contributed by atoms with Crippen LogP contribution >= 0.6 is 0 Å². The monoisotopic (exact) mass is 215 g/mol. The number of carbonyl (C=O) groups excluding carboxylic acids is 1. The van der Waals surface area contributed by atoms with E-state index < -0.39 is 23.6 Å². The number of nitrogens with one attached hydrogen (secondary N) is 1. The molecule has 0 spiro atoms. The van der Waals surface area contributed by atoms with Crippen LogP contribution in [0.5, 0.6) is 0 Å². The third-order valence-corrected chi connectivity index (χ3v) is 1.83. The van der Waals surface area contributed by atoms with Crippen LogP contribution in [0, 0.1) is 11.6 Å². The average Bonchev–Trinajstić information content (AvgIpc) is 2.21. The minimum atomic E-state index is -1.07. The molecule has 3 nitrogen and oxygen atoms in total. The van der Waals surface area contributed by atoms with Crippen LogP contribution in [0.4, 0.5) is 8.78 Å². The van der Waals surface area contributed by atoms with Crippen LogP contribution in [0.2, 0.25) is 0 Å². The Morgan fingerprint density at radius 1 is 1.47 bits per heavy atom. The summed E-state index contributed by atoms with van der Waals surface area (Å²) in [6.07, 6.45) is 0. The first-order valence-electron chi connectivity index (χ1n) is 4.41. The van der Waals surface area contributed by atoms with Crippen LogP contribution in [-0.4, -0.2) is 23.7 Å². The normalized spacial score (nSPS) is 12.3. The van der Waals surface area contributed by atoms with Crippen LogP contribution in [-0.2, 0) is 0 Å². The minimum Gasteiger partial charge on any atom is -0.394 e. The summed E-state index contributed by atoms with van der Waals surface area (Å²) in [6, 6.07) is 2.45. The molecule has 0 bridgehead atoms. The molecule has 0 unspecified atom stereocenters. The molecule has 0 heterocycles. The lowest BCUT2D eigenvalue weighted by atomic mass is 10.2. The summed E-state index contributed by atoms with van der Waals surface area (Å²) in [5.74, 6) is -2.61. The van der Waals surface area contributed by atoms with Gasteiger partial charge in [0.2, 0.25) is 0 Å². The molecule has 0 aliphatic heterocycles. The highest BCUT2D eigenvalue weighted by atomic mass is 19.2. The van der Waals surface area contributed by atoms with Gasteiger partial charge >= 0.3 is 0 Å². The van der Waals surface area contributed by atoms with Gasteiger partial charge in [-0.2, -0.15) is 0 Å². The molecule has 82 valence electrons. The van der Waals surface area contributed by atoms with Crippen molar-refractivity contribution in [3.8, 4) is 0 Å². The second kappa shape index (κ2) is 4.84. The van der Waals surface area contributed by atoms with E-state index in [1.54, 1.807) is 6.92 Å².